The summed E-state index contributed by atoms with van der Waals surface area (Å²) in [6.07, 6.45) is 0.801. The van der Waals surface area contributed by atoms with Crippen LogP contribution in [-0.4, -0.2) is 16.7 Å². The van der Waals surface area contributed by atoms with Crippen molar-refractivity contribution in [3.05, 3.63) is 29.8 Å². The van der Waals surface area contributed by atoms with Gasteiger partial charge in [0.25, 0.3) is 5.91 Å². The first-order chi connectivity index (χ1) is 7.13. The fourth-order valence-corrected chi connectivity index (χ4v) is 0.903. The molecule has 0 aliphatic carbocycles. The van der Waals surface area contributed by atoms with E-state index in [0.29, 0.717) is 5.56 Å². The van der Waals surface area contributed by atoms with Gasteiger partial charge in [-0.3, -0.25) is 4.79 Å². The van der Waals surface area contributed by atoms with Crippen LogP contribution in [0.5, 0.6) is 5.75 Å². The minimum absolute atomic E-state index is 0.139. The van der Waals surface area contributed by atoms with Crippen LogP contribution in [0.4, 0.5) is 0 Å². The zero-order valence-electron chi connectivity index (χ0n) is 8.82. The molecule has 0 aromatic heterocycles. The lowest BCUT2D eigenvalue weighted by Crippen LogP contribution is -2.18. The third-order valence-electron chi connectivity index (χ3n) is 1.99. The summed E-state index contributed by atoms with van der Waals surface area (Å²) in [5.74, 6) is -0.136. The van der Waals surface area contributed by atoms with Crippen LogP contribution in [0.3, 0.4) is 0 Å². The number of hydrogen-bond acceptors (Lipinski definition) is 3. The fraction of sp³-hybridized carbons (Fsp3) is 0.273. The normalized spacial score (nSPS) is 11.2. The van der Waals surface area contributed by atoms with Crippen molar-refractivity contribution >= 4 is 11.6 Å². The Morgan fingerprint density at radius 3 is 2.53 bits per heavy atom. The first-order valence-corrected chi connectivity index (χ1v) is 4.76. The van der Waals surface area contributed by atoms with Crippen LogP contribution >= 0.6 is 0 Å². The number of nitrogens with one attached hydrogen (secondary N) is 1. The molecule has 0 spiro atoms. The van der Waals surface area contributed by atoms with E-state index in [1.165, 1.54) is 12.1 Å². The highest BCUT2D eigenvalue weighted by Gasteiger charge is 2.03. The molecule has 0 aliphatic rings. The molecule has 4 heteroatoms. The van der Waals surface area contributed by atoms with E-state index in [0.717, 1.165) is 12.1 Å². The standard InChI is InChI=1S/C11H14N2O2/c1-3-8(2)12-13-11(15)9-4-6-10(14)7-5-9/h4-7,14H,3H2,1-2H3,(H,13,15)/b12-8+. The van der Waals surface area contributed by atoms with Crippen molar-refractivity contribution in [2.45, 2.75) is 20.3 Å². The summed E-state index contributed by atoms with van der Waals surface area (Å²) < 4.78 is 0. The molecule has 1 amide bonds. The summed E-state index contributed by atoms with van der Waals surface area (Å²) in [5, 5.41) is 12.9. The predicted molar refractivity (Wildman–Crippen MR) is 59.0 cm³/mol. The number of phenolic OH excluding ortho intramolecular Hbond substituents is 1. The Hall–Kier alpha value is -1.84. The highest BCUT2D eigenvalue weighted by Crippen LogP contribution is 2.09. The Morgan fingerprint density at radius 1 is 1.40 bits per heavy atom. The van der Waals surface area contributed by atoms with Gasteiger partial charge in [-0.05, 0) is 37.6 Å². The summed E-state index contributed by atoms with van der Waals surface area (Å²) in [5.41, 5.74) is 3.77. The largest absolute Gasteiger partial charge is 0.508 e. The van der Waals surface area contributed by atoms with Crippen molar-refractivity contribution in [3.63, 3.8) is 0 Å². The molecule has 0 aliphatic heterocycles. The van der Waals surface area contributed by atoms with Gasteiger partial charge in [-0.25, -0.2) is 5.43 Å². The van der Waals surface area contributed by atoms with E-state index in [4.69, 9.17) is 5.11 Å². The van der Waals surface area contributed by atoms with Gasteiger partial charge in [0, 0.05) is 11.3 Å². The minimum atomic E-state index is -0.275. The first kappa shape index (κ1) is 11.2. The Kier molecular flexibility index (Phi) is 3.85. The second kappa shape index (κ2) is 5.14. The van der Waals surface area contributed by atoms with Gasteiger partial charge in [0.05, 0.1) is 0 Å². The molecule has 1 aromatic carbocycles. The average molecular weight is 206 g/mol. The van der Waals surface area contributed by atoms with E-state index in [1.807, 2.05) is 13.8 Å². The number of nitrogens with zero attached hydrogens (tertiary/aromatic N) is 1. The summed E-state index contributed by atoms with van der Waals surface area (Å²) in [7, 11) is 0. The van der Waals surface area contributed by atoms with Gasteiger partial charge in [0.1, 0.15) is 5.75 Å². The van der Waals surface area contributed by atoms with Crippen LogP contribution in [0.15, 0.2) is 29.4 Å². The molecule has 15 heavy (non-hydrogen) atoms. The second-order valence-corrected chi connectivity index (χ2v) is 3.19. The van der Waals surface area contributed by atoms with Gasteiger partial charge >= 0.3 is 0 Å². The summed E-state index contributed by atoms with van der Waals surface area (Å²) in [4.78, 5) is 11.5. The molecule has 0 saturated heterocycles. The van der Waals surface area contributed by atoms with Crippen LogP contribution in [0.1, 0.15) is 30.6 Å². The van der Waals surface area contributed by atoms with Crippen LogP contribution in [-0.2, 0) is 0 Å². The van der Waals surface area contributed by atoms with Crippen molar-refractivity contribution < 1.29 is 9.90 Å². The summed E-state index contributed by atoms with van der Waals surface area (Å²) in [6, 6.07) is 6.01. The third kappa shape index (κ3) is 3.42. The van der Waals surface area contributed by atoms with Crippen LogP contribution in [0.25, 0.3) is 0 Å². The Morgan fingerprint density at radius 2 is 2.00 bits per heavy atom. The van der Waals surface area contributed by atoms with Gasteiger partial charge in [-0.15, -0.1) is 0 Å². The monoisotopic (exact) mass is 206 g/mol. The molecule has 0 unspecified atom stereocenters. The number of rotatable bonds is 3. The molecular weight excluding hydrogens is 192 g/mol. The topological polar surface area (TPSA) is 61.7 Å². The number of hydrogen-bond donors (Lipinski definition) is 2. The lowest BCUT2D eigenvalue weighted by molar-refractivity contribution is 0.0954. The molecule has 0 bridgehead atoms. The van der Waals surface area contributed by atoms with E-state index in [1.54, 1.807) is 12.1 Å². The number of amides is 1. The first-order valence-electron chi connectivity index (χ1n) is 4.76. The predicted octanol–water partition coefficient (Wildman–Crippen LogP) is 1.91. The molecule has 1 aromatic rings. The number of carbonyl (C=O) groups is 1. The van der Waals surface area contributed by atoms with Gasteiger partial charge in [0.15, 0.2) is 0 Å². The van der Waals surface area contributed by atoms with Crippen molar-refractivity contribution in [1.82, 2.24) is 5.43 Å². The lowest BCUT2D eigenvalue weighted by atomic mass is 10.2. The van der Waals surface area contributed by atoms with Crippen molar-refractivity contribution in [2.75, 3.05) is 0 Å². The van der Waals surface area contributed by atoms with Gasteiger partial charge in [0.2, 0.25) is 0 Å². The smallest absolute Gasteiger partial charge is 0.271 e. The number of phenols is 1. The maximum atomic E-state index is 11.5. The number of hydrazone groups is 1. The average Bonchev–Trinajstić information content (AvgIpc) is 2.26. The molecule has 4 nitrogen and oxygen atoms in total. The molecule has 0 atom stereocenters. The van der Waals surface area contributed by atoms with Gasteiger partial charge < -0.3 is 5.11 Å². The van der Waals surface area contributed by atoms with Crippen molar-refractivity contribution in [2.24, 2.45) is 5.10 Å². The summed E-state index contributed by atoms with van der Waals surface area (Å²) in [6.45, 7) is 3.81. The Bertz CT molecular complexity index is 369. The quantitative estimate of drug-likeness (QED) is 0.586. The minimum Gasteiger partial charge on any atom is -0.508 e. The van der Waals surface area contributed by atoms with E-state index < -0.39 is 0 Å². The van der Waals surface area contributed by atoms with Crippen LogP contribution in [0, 0.1) is 0 Å². The van der Waals surface area contributed by atoms with Crippen LogP contribution < -0.4 is 5.43 Å². The van der Waals surface area contributed by atoms with Crippen LogP contribution in [0.2, 0.25) is 0 Å². The van der Waals surface area contributed by atoms with Gasteiger partial charge in [-0.1, -0.05) is 6.92 Å². The number of aromatic hydroxyl groups is 1. The maximum Gasteiger partial charge on any atom is 0.271 e. The molecule has 0 radical (unpaired) electrons. The van der Waals surface area contributed by atoms with Gasteiger partial charge in [-0.2, -0.15) is 5.10 Å². The molecule has 1 rings (SSSR count). The zero-order valence-corrected chi connectivity index (χ0v) is 8.82. The third-order valence-corrected chi connectivity index (χ3v) is 1.99. The fourth-order valence-electron chi connectivity index (χ4n) is 0.903. The number of benzene rings is 1. The Labute approximate surface area is 88.6 Å². The molecule has 0 fully saturated rings. The van der Waals surface area contributed by atoms with E-state index >= 15 is 0 Å². The molecule has 0 heterocycles. The van der Waals surface area contributed by atoms with Crippen molar-refractivity contribution in [3.8, 4) is 5.75 Å². The van der Waals surface area contributed by atoms with Crippen molar-refractivity contribution in [1.29, 1.82) is 0 Å². The molecule has 0 saturated carbocycles. The molecule has 80 valence electrons. The Balaban J connectivity index is 2.66. The molecular formula is C11H14N2O2. The SMILES string of the molecule is CC/C(C)=N/NC(=O)c1ccc(O)cc1. The second-order valence-electron chi connectivity index (χ2n) is 3.19. The lowest BCUT2D eigenvalue weighted by Gasteiger charge is -2.01. The van der Waals surface area contributed by atoms with E-state index in [9.17, 15) is 4.79 Å². The zero-order chi connectivity index (χ0) is 11.3. The summed E-state index contributed by atoms with van der Waals surface area (Å²) >= 11 is 0. The van der Waals surface area contributed by atoms with E-state index in [-0.39, 0.29) is 11.7 Å². The highest BCUT2D eigenvalue weighted by atomic mass is 16.3. The highest BCUT2D eigenvalue weighted by molar-refractivity contribution is 5.95. The molecule has 2 N–H and O–H groups in total. The number of carbonyl (C=O) groups excluding carboxylic acids is 1. The maximum absolute atomic E-state index is 11.5. The van der Waals surface area contributed by atoms with E-state index in [2.05, 4.69) is 10.5 Å².